The van der Waals surface area contributed by atoms with Gasteiger partial charge in [0.25, 0.3) is 5.56 Å². The molecule has 0 N–H and O–H groups in total. The second kappa shape index (κ2) is 5.75. The predicted molar refractivity (Wildman–Crippen MR) is 83.8 cm³/mol. The van der Waals surface area contributed by atoms with Crippen LogP contribution in [0, 0.1) is 13.8 Å². The predicted octanol–water partition coefficient (Wildman–Crippen LogP) is 2.56. The molecule has 0 saturated heterocycles. The molecule has 4 heteroatoms. The molecule has 19 heavy (non-hydrogen) atoms. The number of aryl methyl sites for hydroxylation is 3. The van der Waals surface area contributed by atoms with Crippen LogP contribution in [-0.2, 0) is 6.54 Å². The molecule has 0 aliphatic rings. The lowest BCUT2D eigenvalue weighted by Gasteiger charge is -2.12. The van der Waals surface area contributed by atoms with E-state index in [1.165, 1.54) is 11.1 Å². The summed E-state index contributed by atoms with van der Waals surface area (Å²) in [6.07, 6.45) is 4.11. The van der Waals surface area contributed by atoms with Gasteiger partial charge in [-0.1, -0.05) is 28.7 Å². The smallest absolute Gasteiger partial charge is 0.278 e. The van der Waals surface area contributed by atoms with Crippen molar-refractivity contribution in [2.45, 2.75) is 40.2 Å². The Morgan fingerprint density at radius 2 is 1.79 bits per heavy atom. The van der Waals surface area contributed by atoms with E-state index in [2.05, 4.69) is 48.2 Å². The molecule has 1 unspecified atom stereocenters. The van der Waals surface area contributed by atoms with Crippen LogP contribution < -0.4 is 10.9 Å². The van der Waals surface area contributed by atoms with Crippen LogP contribution >= 0.6 is 9.24 Å². The van der Waals surface area contributed by atoms with Gasteiger partial charge in [-0.2, -0.15) is 0 Å². The Kier molecular flexibility index (Phi) is 4.26. The molecule has 0 fully saturated rings. The Morgan fingerprint density at radius 1 is 1.16 bits per heavy atom. The summed E-state index contributed by atoms with van der Waals surface area (Å²) < 4.78 is 3.79. The summed E-state index contributed by atoms with van der Waals surface area (Å²) in [7, 11) is 2.53. The third kappa shape index (κ3) is 2.98. The van der Waals surface area contributed by atoms with E-state index in [4.69, 9.17) is 0 Å². The molecule has 3 nitrogen and oxygen atoms in total. The van der Waals surface area contributed by atoms with Crippen molar-refractivity contribution in [2.24, 2.45) is 0 Å². The summed E-state index contributed by atoms with van der Waals surface area (Å²) in [6.45, 7) is 7.14. The van der Waals surface area contributed by atoms with Crippen molar-refractivity contribution in [1.29, 1.82) is 0 Å². The Morgan fingerprint density at radius 3 is 2.37 bits per heavy atom. The first-order valence-corrected chi connectivity index (χ1v) is 7.27. The van der Waals surface area contributed by atoms with Gasteiger partial charge in [0.15, 0.2) is 0 Å². The third-order valence-electron chi connectivity index (χ3n) is 3.18. The van der Waals surface area contributed by atoms with E-state index in [1.54, 1.807) is 4.68 Å². The van der Waals surface area contributed by atoms with Gasteiger partial charge in [-0.15, -0.1) is 0 Å². The molecule has 1 heterocycles. The fourth-order valence-corrected chi connectivity index (χ4v) is 2.63. The molecule has 2 rings (SSSR count). The maximum atomic E-state index is 12.3. The van der Waals surface area contributed by atoms with Gasteiger partial charge in [0.05, 0.1) is 11.0 Å². The molecular formula is C15H21N2OP. The number of nitrogens with zero attached hydrogens (tertiary/aromatic N) is 2. The lowest BCUT2D eigenvalue weighted by atomic mass is 10.1. The minimum absolute atomic E-state index is 0.0473. The number of rotatable bonds is 4. The first kappa shape index (κ1) is 14.1. The van der Waals surface area contributed by atoms with Gasteiger partial charge >= 0.3 is 0 Å². The molecule has 0 aliphatic heterocycles. The van der Waals surface area contributed by atoms with E-state index < -0.39 is 0 Å². The highest BCUT2D eigenvalue weighted by atomic mass is 31.0. The normalized spacial score (nSPS) is 10.9. The fraction of sp³-hybridized carbons (Fsp3) is 0.400. The average Bonchev–Trinajstić information content (AvgIpc) is 2.61. The zero-order valence-corrected chi connectivity index (χ0v) is 13.0. The van der Waals surface area contributed by atoms with Crippen molar-refractivity contribution < 1.29 is 0 Å². The van der Waals surface area contributed by atoms with Crippen molar-refractivity contribution in [1.82, 2.24) is 9.36 Å². The minimum atomic E-state index is 0.0473. The van der Waals surface area contributed by atoms with E-state index in [0.29, 0.717) is 0 Å². The topological polar surface area (TPSA) is 26.9 Å². The number of hydrogen-bond acceptors (Lipinski definition) is 1. The lowest BCUT2D eigenvalue weighted by molar-refractivity contribution is 0.516. The van der Waals surface area contributed by atoms with Crippen LogP contribution in [0.2, 0.25) is 0 Å². The molecule has 0 saturated carbocycles. The highest BCUT2D eigenvalue weighted by Crippen LogP contribution is 2.12. The molecule has 0 aliphatic carbocycles. The van der Waals surface area contributed by atoms with Gasteiger partial charge in [0.2, 0.25) is 0 Å². The summed E-state index contributed by atoms with van der Waals surface area (Å²) in [6, 6.07) is 6.23. The van der Waals surface area contributed by atoms with Crippen LogP contribution in [0.25, 0.3) is 5.69 Å². The molecule has 102 valence electrons. The highest BCUT2D eigenvalue weighted by Gasteiger charge is 2.10. The van der Waals surface area contributed by atoms with Crippen molar-refractivity contribution in [3.63, 3.8) is 0 Å². The Balaban J connectivity index is 2.56. The lowest BCUT2D eigenvalue weighted by Crippen LogP contribution is -2.25. The van der Waals surface area contributed by atoms with Crippen molar-refractivity contribution in [3.05, 3.63) is 45.9 Å². The van der Waals surface area contributed by atoms with Gasteiger partial charge < -0.3 is 0 Å². The van der Waals surface area contributed by atoms with E-state index in [0.717, 1.165) is 30.4 Å². The largest absolute Gasteiger partial charge is 0.285 e. The summed E-state index contributed by atoms with van der Waals surface area (Å²) >= 11 is 0. The number of benzene rings is 1. The maximum absolute atomic E-state index is 12.3. The SMILES string of the molecule is CCCCn1cc(P)c(=O)n1-c1cc(C)cc(C)c1. The zero-order valence-electron chi connectivity index (χ0n) is 11.8. The van der Waals surface area contributed by atoms with Crippen LogP contribution in [0.5, 0.6) is 0 Å². The molecular weight excluding hydrogens is 255 g/mol. The van der Waals surface area contributed by atoms with Crippen molar-refractivity contribution in [3.8, 4) is 5.69 Å². The van der Waals surface area contributed by atoms with Crippen LogP contribution in [0.3, 0.4) is 0 Å². The Hall–Kier alpha value is -1.34. The zero-order chi connectivity index (χ0) is 14.0. The third-order valence-corrected chi connectivity index (χ3v) is 3.57. The molecule has 0 bridgehead atoms. The fourth-order valence-electron chi connectivity index (χ4n) is 2.34. The second-order valence-corrected chi connectivity index (χ2v) is 5.69. The van der Waals surface area contributed by atoms with Gasteiger partial charge in [0.1, 0.15) is 0 Å². The molecule has 1 aromatic heterocycles. The average molecular weight is 276 g/mol. The van der Waals surface area contributed by atoms with E-state index >= 15 is 0 Å². The molecule has 1 atom stereocenters. The second-order valence-electron chi connectivity index (χ2n) is 5.06. The monoisotopic (exact) mass is 276 g/mol. The van der Waals surface area contributed by atoms with Crippen LogP contribution in [0.4, 0.5) is 0 Å². The molecule has 0 spiro atoms. The van der Waals surface area contributed by atoms with Crippen molar-refractivity contribution in [2.75, 3.05) is 0 Å². The Labute approximate surface area is 116 Å². The van der Waals surface area contributed by atoms with Gasteiger partial charge in [0, 0.05) is 12.7 Å². The summed E-state index contributed by atoms with van der Waals surface area (Å²) in [5, 5.41) is 0.718. The molecule has 1 aromatic carbocycles. The van der Waals surface area contributed by atoms with Gasteiger partial charge in [-0.05, 0) is 43.5 Å². The molecule has 0 radical (unpaired) electrons. The standard InChI is InChI=1S/C15H21N2OP/c1-4-5-6-16-10-14(19)15(18)17(16)13-8-11(2)7-12(3)9-13/h7-10H,4-6,19H2,1-3H3. The van der Waals surface area contributed by atoms with Crippen molar-refractivity contribution >= 4 is 14.5 Å². The summed E-state index contributed by atoms with van der Waals surface area (Å²) in [4.78, 5) is 12.3. The van der Waals surface area contributed by atoms with Gasteiger partial charge in [-0.25, -0.2) is 4.68 Å². The first-order valence-electron chi connectivity index (χ1n) is 6.69. The number of unbranched alkanes of at least 4 members (excludes halogenated alkanes) is 1. The Bertz CT molecular complexity index is 620. The maximum Gasteiger partial charge on any atom is 0.278 e. The summed E-state index contributed by atoms with van der Waals surface area (Å²) in [5.41, 5.74) is 3.35. The number of hydrogen-bond donors (Lipinski definition) is 0. The van der Waals surface area contributed by atoms with Gasteiger partial charge in [-0.3, -0.25) is 9.48 Å². The first-order chi connectivity index (χ1) is 9.02. The summed E-state index contributed by atoms with van der Waals surface area (Å²) in [5.74, 6) is 0. The number of aromatic nitrogens is 2. The van der Waals surface area contributed by atoms with Crippen LogP contribution in [0.1, 0.15) is 30.9 Å². The van der Waals surface area contributed by atoms with E-state index in [-0.39, 0.29) is 5.56 Å². The minimum Gasteiger partial charge on any atom is -0.285 e. The van der Waals surface area contributed by atoms with E-state index in [1.807, 2.05) is 10.9 Å². The molecule has 0 amide bonds. The van der Waals surface area contributed by atoms with Crippen LogP contribution in [0.15, 0.2) is 29.2 Å². The molecule has 2 aromatic rings. The van der Waals surface area contributed by atoms with E-state index in [9.17, 15) is 4.79 Å². The quantitative estimate of drug-likeness (QED) is 0.788. The van der Waals surface area contributed by atoms with Crippen LogP contribution in [-0.4, -0.2) is 9.36 Å². The highest BCUT2D eigenvalue weighted by molar-refractivity contribution is 7.27.